The molecule has 0 amide bonds. The summed E-state index contributed by atoms with van der Waals surface area (Å²) < 4.78 is 13.6. The number of hydrogen-bond acceptors (Lipinski definition) is 3. The largest absolute Gasteiger partial charge is 0.357 e. The third-order valence-electron chi connectivity index (χ3n) is 3.58. The van der Waals surface area contributed by atoms with Crippen LogP contribution in [0.2, 0.25) is 0 Å². The van der Waals surface area contributed by atoms with Gasteiger partial charge in [0.25, 0.3) is 0 Å². The molecule has 0 atom stereocenters. The second kappa shape index (κ2) is 11.4. The van der Waals surface area contributed by atoms with Crippen molar-refractivity contribution in [1.29, 1.82) is 0 Å². The summed E-state index contributed by atoms with van der Waals surface area (Å²) in [5.41, 5.74) is 1.52. The molecule has 1 heterocycles. The third kappa shape index (κ3) is 7.27. The van der Waals surface area contributed by atoms with E-state index in [-0.39, 0.29) is 29.8 Å². The van der Waals surface area contributed by atoms with E-state index in [1.807, 2.05) is 19.2 Å². The summed E-state index contributed by atoms with van der Waals surface area (Å²) in [7, 11) is 0. The number of guanidine groups is 1. The molecular formula is C18H26FIN4S. The van der Waals surface area contributed by atoms with Gasteiger partial charge in [-0.15, -0.1) is 35.3 Å². The van der Waals surface area contributed by atoms with Crippen LogP contribution in [-0.2, 0) is 19.4 Å². The third-order valence-corrected chi connectivity index (χ3v) is 4.78. The molecule has 1 aromatic carbocycles. The molecule has 0 radical (unpaired) electrons. The number of halogens is 2. The summed E-state index contributed by atoms with van der Waals surface area (Å²) in [4.78, 5) is 10.2. The highest BCUT2D eigenvalue weighted by molar-refractivity contribution is 14.0. The van der Waals surface area contributed by atoms with Crippen LogP contribution in [0.4, 0.5) is 4.39 Å². The highest BCUT2D eigenvalue weighted by atomic mass is 127. The highest BCUT2D eigenvalue weighted by Crippen LogP contribution is 2.13. The first-order valence-electron chi connectivity index (χ1n) is 8.33. The number of rotatable bonds is 7. The molecule has 2 aromatic rings. The van der Waals surface area contributed by atoms with Crippen LogP contribution in [-0.4, -0.2) is 24.0 Å². The van der Waals surface area contributed by atoms with E-state index in [0.29, 0.717) is 12.1 Å². The maximum atomic E-state index is 13.6. The lowest BCUT2D eigenvalue weighted by Gasteiger charge is -2.10. The zero-order valence-electron chi connectivity index (χ0n) is 14.9. The van der Waals surface area contributed by atoms with E-state index in [9.17, 15) is 4.39 Å². The molecule has 0 aliphatic carbocycles. The molecule has 2 rings (SSSR count). The fourth-order valence-electron chi connectivity index (χ4n) is 2.16. The monoisotopic (exact) mass is 476 g/mol. The van der Waals surface area contributed by atoms with E-state index < -0.39 is 0 Å². The number of hydrogen-bond donors (Lipinski definition) is 2. The summed E-state index contributed by atoms with van der Waals surface area (Å²) >= 11 is 1.76. The Balaban J connectivity index is 0.00000312. The van der Waals surface area contributed by atoms with Gasteiger partial charge in [0.05, 0.1) is 11.6 Å². The van der Waals surface area contributed by atoms with Gasteiger partial charge in [-0.25, -0.2) is 14.4 Å². The van der Waals surface area contributed by atoms with Crippen LogP contribution in [0.3, 0.4) is 0 Å². The maximum absolute atomic E-state index is 13.6. The van der Waals surface area contributed by atoms with Crippen molar-refractivity contribution in [2.75, 3.05) is 13.1 Å². The van der Waals surface area contributed by atoms with Crippen LogP contribution in [0.1, 0.15) is 34.9 Å². The molecule has 0 bridgehead atoms. The average molecular weight is 476 g/mol. The van der Waals surface area contributed by atoms with Crippen LogP contribution in [0, 0.1) is 12.7 Å². The highest BCUT2D eigenvalue weighted by Gasteiger charge is 2.03. The van der Waals surface area contributed by atoms with Gasteiger partial charge in [0, 0.05) is 30.6 Å². The van der Waals surface area contributed by atoms with Crippen molar-refractivity contribution in [3.8, 4) is 0 Å². The SMILES string of the molecule is CCNC(=NCc1ccc(C)c(F)c1)NCCc1ncc(CC)s1.I. The van der Waals surface area contributed by atoms with Gasteiger partial charge in [-0.3, -0.25) is 0 Å². The minimum Gasteiger partial charge on any atom is -0.357 e. The van der Waals surface area contributed by atoms with Gasteiger partial charge in [0.15, 0.2) is 5.96 Å². The molecule has 2 N–H and O–H groups in total. The quantitative estimate of drug-likeness (QED) is 0.360. The van der Waals surface area contributed by atoms with Gasteiger partial charge in [-0.05, 0) is 37.5 Å². The summed E-state index contributed by atoms with van der Waals surface area (Å²) in [6, 6.07) is 5.24. The number of aliphatic imine (C=N–C) groups is 1. The Morgan fingerprint density at radius 3 is 2.72 bits per heavy atom. The van der Waals surface area contributed by atoms with Crippen molar-refractivity contribution in [1.82, 2.24) is 15.6 Å². The molecule has 0 fully saturated rings. The van der Waals surface area contributed by atoms with Gasteiger partial charge >= 0.3 is 0 Å². The standard InChI is InChI=1S/C18H25FN4S.HI/c1-4-15-12-22-17(24-15)8-9-21-18(20-5-2)23-11-14-7-6-13(3)16(19)10-14;/h6-7,10,12H,4-5,8-9,11H2,1-3H3,(H2,20,21,23);1H. The first kappa shape index (κ1) is 21.8. The fourth-order valence-corrected chi connectivity index (χ4v) is 3.02. The Morgan fingerprint density at radius 1 is 1.28 bits per heavy atom. The lowest BCUT2D eigenvalue weighted by molar-refractivity contribution is 0.616. The summed E-state index contributed by atoms with van der Waals surface area (Å²) in [5, 5.41) is 7.65. The second-order valence-corrected chi connectivity index (χ2v) is 6.73. The molecule has 0 spiro atoms. The first-order valence-corrected chi connectivity index (χ1v) is 9.14. The van der Waals surface area contributed by atoms with Crippen molar-refractivity contribution < 1.29 is 4.39 Å². The van der Waals surface area contributed by atoms with E-state index in [2.05, 4.69) is 27.5 Å². The van der Waals surface area contributed by atoms with Gasteiger partial charge in [-0.2, -0.15) is 0 Å². The molecule has 0 aliphatic rings. The Hall–Kier alpha value is -1.22. The van der Waals surface area contributed by atoms with Crippen LogP contribution in [0.25, 0.3) is 0 Å². The summed E-state index contributed by atoms with van der Waals surface area (Å²) in [5.74, 6) is 0.557. The smallest absolute Gasteiger partial charge is 0.191 e. The van der Waals surface area contributed by atoms with Gasteiger partial charge in [0.1, 0.15) is 5.82 Å². The number of benzene rings is 1. The molecule has 0 aliphatic heterocycles. The average Bonchev–Trinajstić information content (AvgIpc) is 3.03. The first-order chi connectivity index (χ1) is 11.6. The number of nitrogens with zero attached hydrogens (tertiary/aromatic N) is 2. The van der Waals surface area contributed by atoms with E-state index in [1.54, 1.807) is 30.4 Å². The van der Waals surface area contributed by atoms with E-state index in [4.69, 9.17) is 0 Å². The lowest BCUT2D eigenvalue weighted by Crippen LogP contribution is -2.38. The Kier molecular flexibility index (Phi) is 9.96. The molecule has 0 saturated heterocycles. The second-order valence-electron chi connectivity index (χ2n) is 5.53. The van der Waals surface area contributed by atoms with E-state index in [1.165, 1.54) is 4.88 Å². The molecule has 4 nitrogen and oxygen atoms in total. The minimum atomic E-state index is -0.184. The Morgan fingerprint density at radius 2 is 2.08 bits per heavy atom. The Bertz CT molecular complexity index is 687. The Labute approximate surface area is 170 Å². The molecule has 0 unspecified atom stereocenters. The van der Waals surface area contributed by atoms with Crippen LogP contribution < -0.4 is 10.6 Å². The van der Waals surface area contributed by atoms with Gasteiger partial charge in [-0.1, -0.05) is 19.1 Å². The topological polar surface area (TPSA) is 49.3 Å². The minimum absolute atomic E-state index is 0. The molecule has 0 saturated carbocycles. The van der Waals surface area contributed by atoms with Crippen LogP contribution in [0.5, 0.6) is 0 Å². The lowest BCUT2D eigenvalue weighted by atomic mass is 10.1. The number of aryl methyl sites for hydroxylation is 2. The molecule has 138 valence electrons. The van der Waals surface area contributed by atoms with Crippen molar-refractivity contribution in [3.63, 3.8) is 0 Å². The number of aromatic nitrogens is 1. The molecule has 7 heteroatoms. The van der Waals surface area contributed by atoms with Crippen molar-refractivity contribution >= 4 is 41.3 Å². The van der Waals surface area contributed by atoms with Gasteiger partial charge in [0.2, 0.25) is 0 Å². The van der Waals surface area contributed by atoms with E-state index >= 15 is 0 Å². The maximum Gasteiger partial charge on any atom is 0.191 e. The van der Waals surface area contributed by atoms with Crippen molar-refractivity contribution in [2.45, 2.75) is 40.2 Å². The zero-order valence-corrected chi connectivity index (χ0v) is 18.1. The van der Waals surface area contributed by atoms with E-state index in [0.717, 1.165) is 42.5 Å². The predicted octanol–water partition coefficient (Wildman–Crippen LogP) is 4.07. The zero-order chi connectivity index (χ0) is 17.4. The van der Waals surface area contributed by atoms with Crippen LogP contribution >= 0.6 is 35.3 Å². The molecule has 1 aromatic heterocycles. The number of nitrogens with one attached hydrogen (secondary N) is 2. The summed E-state index contributed by atoms with van der Waals surface area (Å²) in [6.45, 7) is 7.92. The van der Waals surface area contributed by atoms with Gasteiger partial charge < -0.3 is 10.6 Å². The van der Waals surface area contributed by atoms with Crippen LogP contribution in [0.15, 0.2) is 29.4 Å². The van der Waals surface area contributed by atoms with Crippen molar-refractivity contribution in [3.05, 3.63) is 51.2 Å². The molecular weight excluding hydrogens is 450 g/mol. The summed E-state index contributed by atoms with van der Waals surface area (Å²) in [6.07, 6.45) is 3.85. The fraction of sp³-hybridized carbons (Fsp3) is 0.444. The van der Waals surface area contributed by atoms with Crippen molar-refractivity contribution in [2.24, 2.45) is 4.99 Å². The molecule has 25 heavy (non-hydrogen) atoms. The predicted molar refractivity (Wildman–Crippen MR) is 115 cm³/mol. The normalized spacial score (nSPS) is 11.1. The number of thiazole rings is 1.